The second kappa shape index (κ2) is 6.98. The predicted octanol–water partition coefficient (Wildman–Crippen LogP) is 4.66. The number of rotatable bonds is 4. The van der Waals surface area contributed by atoms with E-state index in [0.717, 1.165) is 17.0 Å². The summed E-state index contributed by atoms with van der Waals surface area (Å²) < 4.78 is 31.5. The van der Waals surface area contributed by atoms with Crippen molar-refractivity contribution >= 4 is 22.4 Å². The molecule has 25 heavy (non-hydrogen) atoms. The first-order chi connectivity index (χ1) is 12.0. The molecule has 1 N–H and O–H groups in total. The molecule has 0 fully saturated rings. The van der Waals surface area contributed by atoms with E-state index >= 15 is 0 Å². The van der Waals surface area contributed by atoms with Crippen molar-refractivity contribution in [2.75, 3.05) is 12.4 Å². The van der Waals surface area contributed by atoms with Crippen molar-refractivity contribution in [1.82, 2.24) is 4.98 Å². The minimum Gasteiger partial charge on any atom is -0.497 e. The lowest BCUT2D eigenvalue weighted by Crippen LogP contribution is -2.11. The molecule has 0 spiro atoms. The van der Waals surface area contributed by atoms with Crippen LogP contribution >= 0.6 is 11.3 Å². The molecule has 0 aliphatic carbocycles. The number of nitrogens with one attached hydrogen (secondary N) is 1. The lowest BCUT2D eigenvalue weighted by Gasteiger charge is -2.03. The van der Waals surface area contributed by atoms with Crippen molar-refractivity contribution in [3.63, 3.8) is 0 Å². The molecule has 1 amide bonds. The van der Waals surface area contributed by atoms with Gasteiger partial charge in [0, 0.05) is 16.0 Å². The average molecular weight is 360 g/mol. The Bertz CT molecular complexity index is 923. The Hall–Kier alpha value is -2.80. The van der Waals surface area contributed by atoms with Gasteiger partial charge in [-0.25, -0.2) is 13.8 Å². The summed E-state index contributed by atoms with van der Waals surface area (Å²) in [5.41, 5.74) is 1.43. The number of nitrogens with zero attached hydrogens (tertiary/aromatic N) is 1. The minimum absolute atomic E-state index is 0.312. The maximum absolute atomic E-state index is 13.4. The minimum atomic E-state index is -0.936. The third-order valence-corrected chi connectivity index (χ3v) is 4.45. The smallest absolute Gasteiger partial charge is 0.257 e. The fourth-order valence-electron chi connectivity index (χ4n) is 2.27. The quantitative estimate of drug-likeness (QED) is 0.736. The highest BCUT2D eigenvalue weighted by atomic mass is 32.1. The Morgan fingerprint density at radius 1 is 1.12 bits per heavy atom. The van der Waals surface area contributed by atoms with E-state index in [1.54, 1.807) is 38.3 Å². The summed E-state index contributed by atoms with van der Waals surface area (Å²) in [5, 5.41) is 3.10. The molecule has 0 unspecified atom stereocenters. The lowest BCUT2D eigenvalue weighted by molar-refractivity contribution is 0.102. The number of hydrogen-bond donors (Lipinski definition) is 1. The van der Waals surface area contributed by atoms with E-state index in [9.17, 15) is 13.6 Å². The van der Waals surface area contributed by atoms with Gasteiger partial charge in [0.2, 0.25) is 0 Å². The number of hydrogen-bond acceptors (Lipinski definition) is 4. The highest BCUT2D eigenvalue weighted by Gasteiger charge is 2.14. The first kappa shape index (κ1) is 17.0. The number of benzene rings is 2. The summed E-state index contributed by atoms with van der Waals surface area (Å²) >= 11 is 1.27. The molecule has 0 bridgehead atoms. The van der Waals surface area contributed by atoms with Crippen LogP contribution in [0.2, 0.25) is 0 Å². The monoisotopic (exact) mass is 360 g/mol. The molecule has 3 aromatic rings. The van der Waals surface area contributed by atoms with Gasteiger partial charge in [0.1, 0.15) is 5.75 Å². The van der Waals surface area contributed by atoms with E-state index in [1.807, 2.05) is 0 Å². The molecule has 0 radical (unpaired) electrons. The normalized spacial score (nSPS) is 10.6. The molecule has 0 aliphatic rings. The molecular weight excluding hydrogens is 346 g/mol. The number of halogens is 2. The van der Waals surface area contributed by atoms with Gasteiger partial charge >= 0.3 is 0 Å². The molecule has 4 nitrogen and oxygen atoms in total. The van der Waals surface area contributed by atoms with E-state index in [-0.39, 0.29) is 5.91 Å². The summed E-state index contributed by atoms with van der Waals surface area (Å²) in [7, 11) is 1.55. The summed E-state index contributed by atoms with van der Waals surface area (Å²) in [6.07, 6.45) is 0. The largest absolute Gasteiger partial charge is 0.497 e. The van der Waals surface area contributed by atoms with Crippen molar-refractivity contribution in [3.05, 3.63) is 64.5 Å². The molecular formula is C18H14F2N2O2S. The zero-order valence-corrected chi connectivity index (χ0v) is 14.3. The van der Waals surface area contributed by atoms with Crippen molar-refractivity contribution in [2.45, 2.75) is 6.92 Å². The number of ether oxygens (including phenoxy) is 1. The predicted molar refractivity (Wildman–Crippen MR) is 93.2 cm³/mol. The van der Waals surface area contributed by atoms with Crippen LogP contribution in [0.5, 0.6) is 5.75 Å². The molecule has 128 valence electrons. The van der Waals surface area contributed by atoms with Gasteiger partial charge in [-0.15, -0.1) is 11.3 Å². The summed E-state index contributed by atoms with van der Waals surface area (Å²) in [6, 6.07) is 10.3. The van der Waals surface area contributed by atoms with E-state index in [0.29, 0.717) is 27.7 Å². The van der Waals surface area contributed by atoms with Crippen LogP contribution < -0.4 is 10.1 Å². The first-order valence-corrected chi connectivity index (χ1v) is 8.18. The van der Waals surface area contributed by atoms with Crippen molar-refractivity contribution < 1.29 is 18.3 Å². The van der Waals surface area contributed by atoms with Gasteiger partial charge in [-0.05, 0) is 49.4 Å². The number of carbonyl (C=O) groups is 1. The number of amides is 1. The van der Waals surface area contributed by atoms with Gasteiger partial charge < -0.3 is 4.74 Å². The van der Waals surface area contributed by atoms with Gasteiger partial charge in [-0.1, -0.05) is 0 Å². The molecule has 1 aromatic heterocycles. The number of methoxy groups -OCH3 is 1. The van der Waals surface area contributed by atoms with Crippen molar-refractivity contribution in [2.24, 2.45) is 0 Å². The zero-order valence-electron chi connectivity index (χ0n) is 13.5. The van der Waals surface area contributed by atoms with Crippen LogP contribution in [0.25, 0.3) is 11.3 Å². The summed E-state index contributed by atoms with van der Waals surface area (Å²) in [5.74, 6) is -1.51. The molecule has 1 heterocycles. The summed E-state index contributed by atoms with van der Waals surface area (Å²) in [6.45, 7) is 1.80. The number of anilines is 1. The molecule has 7 heteroatoms. The van der Waals surface area contributed by atoms with Gasteiger partial charge in [0.05, 0.1) is 12.8 Å². The van der Waals surface area contributed by atoms with Crippen LogP contribution in [0, 0.1) is 18.6 Å². The number of aromatic nitrogens is 1. The van der Waals surface area contributed by atoms with Crippen molar-refractivity contribution in [3.8, 4) is 17.0 Å². The Kier molecular flexibility index (Phi) is 4.76. The Morgan fingerprint density at radius 2 is 1.84 bits per heavy atom. The fraction of sp³-hybridized carbons (Fsp3) is 0.111. The number of carbonyl (C=O) groups excluding carboxylic acids is 1. The van der Waals surface area contributed by atoms with E-state index < -0.39 is 11.6 Å². The third-order valence-electron chi connectivity index (χ3n) is 3.56. The number of thiazole rings is 1. The topological polar surface area (TPSA) is 51.2 Å². The van der Waals surface area contributed by atoms with Crippen molar-refractivity contribution in [1.29, 1.82) is 0 Å². The van der Waals surface area contributed by atoms with Gasteiger partial charge in [0.15, 0.2) is 16.8 Å². The van der Waals surface area contributed by atoms with Gasteiger partial charge in [-0.2, -0.15) is 0 Å². The lowest BCUT2D eigenvalue weighted by atomic mass is 10.1. The van der Waals surface area contributed by atoms with Crippen LogP contribution in [0.1, 0.15) is 15.2 Å². The Balaban J connectivity index is 1.81. The summed E-state index contributed by atoms with van der Waals surface area (Å²) in [4.78, 5) is 17.4. The Labute approximate surface area is 147 Å². The highest BCUT2D eigenvalue weighted by Crippen LogP contribution is 2.31. The molecule has 0 saturated carbocycles. The SMILES string of the molecule is COc1ccc(C(=O)Nc2nc(-c3ccc(F)c(F)c3)c(C)s2)cc1. The van der Waals surface area contributed by atoms with E-state index in [2.05, 4.69) is 10.3 Å². The van der Waals surface area contributed by atoms with Crippen LogP contribution in [0.4, 0.5) is 13.9 Å². The second-order valence-electron chi connectivity index (χ2n) is 5.24. The van der Waals surface area contributed by atoms with Gasteiger partial charge in [0.25, 0.3) is 5.91 Å². The fourth-order valence-corrected chi connectivity index (χ4v) is 3.10. The number of aryl methyl sites for hydroxylation is 1. The maximum Gasteiger partial charge on any atom is 0.257 e. The van der Waals surface area contributed by atoms with Crippen LogP contribution in [0.15, 0.2) is 42.5 Å². The second-order valence-corrected chi connectivity index (χ2v) is 6.44. The van der Waals surface area contributed by atoms with Crippen LogP contribution in [0.3, 0.4) is 0 Å². The van der Waals surface area contributed by atoms with E-state index in [1.165, 1.54) is 17.4 Å². The average Bonchev–Trinajstić information content (AvgIpc) is 2.97. The van der Waals surface area contributed by atoms with E-state index in [4.69, 9.17) is 4.74 Å². The first-order valence-electron chi connectivity index (χ1n) is 7.36. The molecule has 0 saturated heterocycles. The standard InChI is InChI=1S/C18H14F2N2O2S/c1-10-16(12-5-8-14(19)15(20)9-12)21-18(25-10)22-17(23)11-3-6-13(24-2)7-4-11/h3-9H,1-2H3,(H,21,22,23). The van der Waals surface area contributed by atoms with Gasteiger partial charge in [-0.3, -0.25) is 10.1 Å². The Morgan fingerprint density at radius 3 is 2.48 bits per heavy atom. The van der Waals surface area contributed by atoms with Crippen LogP contribution in [-0.4, -0.2) is 18.0 Å². The highest BCUT2D eigenvalue weighted by molar-refractivity contribution is 7.16. The zero-order chi connectivity index (χ0) is 18.0. The maximum atomic E-state index is 13.4. The third kappa shape index (κ3) is 3.66. The van der Waals surface area contributed by atoms with Crippen LogP contribution in [-0.2, 0) is 0 Å². The molecule has 3 rings (SSSR count). The molecule has 2 aromatic carbocycles. The molecule has 0 aliphatic heterocycles. The molecule has 0 atom stereocenters.